The third-order valence-electron chi connectivity index (χ3n) is 3.39. The van der Waals surface area contributed by atoms with Gasteiger partial charge in [-0.2, -0.15) is 0 Å². The molecule has 0 radical (unpaired) electrons. The monoisotopic (exact) mass is 428 g/mol. The van der Waals surface area contributed by atoms with Crippen LogP contribution in [0.4, 0.5) is 0 Å². The number of carbonyl (C=O) groups is 1. The Balaban J connectivity index is 0.00000441. The van der Waals surface area contributed by atoms with Crippen LogP contribution in [0.15, 0.2) is 4.99 Å². The standard InChI is InChI=1S/C14H28N4O3.HI/c1-4-21-11-12-5-7-18(10-12)14(15-2)17-9-13(19)16-6-8-20-3;/h12H,4-11H2,1-3H3,(H,15,17)(H,16,19);1H. The van der Waals surface area contributed by atoms with Gasteiger partial charge in [0.25, 0.3) is 0 Å². The molecule has 1 heterocycles. The molecular weight excluding hydrogens is 399 g/mol. The number of nitrogens with one attached hydrogen (secondary N) is 2. The molecule has 1 aliphatic heterocycles. The number of halogens is 1. The van der Waals surface area contributed by atoms with Crippen molar-refractivity contribution in [3.63, 3.8) is 0 Å². The molecule has 1 rings (SSSR count). The number of aliphatic imine (C=N–C) groups is 1. The number of hydrogen-bond acceptors (Lipinski definition) is 4. The van der Waals surface area contributed by atoms with Gasteiger partial charge in [-0.25, -0.2) is 0 Å². The van der Waals surface area contributed by atoms with Gasteiger partial charge < -0.3 is 25.0 Å². The van der Waals surface area contributed by atoms with E-state index in [0.29, 0.717) is 19.1 Å². The van der Waals surface area contributed by atoms with Crippen molar-refractivity contribution in [1.29, 1.82) is 0 Å². The van der Waals surface area contributed by atoms with Gasteiger partial charge in [-0.3, -0.25) is 9.79 Å². The highest BCUT2D eigenvalue weighted by Crippen LogP contribution is 2.16. The number of likely N-dealkylation sites (tertiary alicyclic amines) is 1. The van der Waals surface area contributed by atoms with Gasteiger partial charge in [0, 0.05) is 46.3 Å². The van der Waals surface area contributed by atoms with Crippen LogP contribution in [0.1, 0.15) is 13.3 Å². The molecule has 1 saturated heterocycles. The Bertz CT molecular complexity index is 342. The summed E-state index contributed by atoms with van der Waals surface area (Å²) in [5.74, 6) is 1.26. The van der Waals surface area contributed by atoms with Gasteiger partial charge in [-0.1, -0.05) is 0 Å². The highest BCUT2D eigenvalue weighted by atomic mass is 127. The molecule has 0 aromatic carbocycles. The molecule has 130 valence electrons. The van der Waals surface area contributed by atoms with Crippen molar-refractivity contribution < 1.29 is 14.3 Å². The number of guanidine groups is 1. The van der Waals surface area contributed by atoms with Crippen molar-refractivity contribution in [2.75, 3.05) is 60.2 Å². The maximum Gasteiger partial charge on any atom is 0.239 e. The lowest BCUT2D eigenvalue weighted by atomic mass is 10.1. The van der Waals surface area contributed by atoms with Crippen molar-refractivity contribution in [1.82, 2.24) is 15.5 Å². The number of hydrogen-bond donors (Lipinski definition) is 2. The van der Waals surface area contributed by atoms with Crippen LogP contribution in [-0.2, 0) is 14.3 Å². The van der Waals surface area contributed by atoms with Crippen molar-refractivity contribution >= 4 is 35.8 Å². The Morgan fingerprint density at radius 3 is 2.82 bits per heavy atom. The molecule has 22 heavy (non-hydrogen) atoms. The SMILES string of the molecule is CCOCC1CCN(C(=NC)NCC(=O)NCCOC)C1.I. The molecule has 1 atom stereocenters. The molecule has 1 fully saturated rings. The fourth-order valence-corrected chi connectivity index (χ4v) is 2.29. The third kappa shape index (κ3) is 8.14. The summed E-state index contributed by atoms with van der Waals surface area (Å²) in [5, 5.41) is 5.87. The van der Waals surface area contributed by atoms with Crippen molar-refractivity contribution in [3.8, 4) is 0 Å². The van der Waals surface area contributed by atoms with Crippen LogP contribution in [0, 0.1) is 5.92 Å². The Labute approximate surface area is 150 Å². The quantitative estimate of drug-likeness (QED) is 0.252. The van der Waals surface area contributed by atoms with Gasteiger partial charge in [0.15, 0.2) is 5.96 Å². The van der Waals surface area contributed by atoms with Gasteiger partial charge >= 0.3 is 0 Å². The second-order valence-corrected chi connectivity index (χ2v) is 5.00. The van der Waals surface area contributed by atoms with E-state index >= 15 is 0 Å². The first-order valence-corrected chi connectivity index (χ1v) is 7.50. The molecule has 0 saturated carbocycles. The van der Waals surface area contributed by atoms with E-state index in [1.165, 1.54) is 0 Å². The molecule has 2 N–H and O–H groups in total. The zero-order valence-corrected chi connectivity index (χ0v) is 16.1. The fourth-order valence-electron chi connectivity index (χ4n) is 2.29. The number of carbonyl (C=O) groups excluding carboxylic acids is 1. The molecule has 0 bridgehead atoms. The van der Waals surface area contributed by atoms with Gasteiger partial charge in [0.05, 0.1) is 19.8 Å². The van der Waals surface area contributed by atoms with Crippen LogP contribution < -0.4 is 10.6 Å². The number of methoxy groups -OCH3 is 1. The second kappa shape index (κ2) is 12.9. The van der Waals surface area contributed by atoms with Crippen LogP contribution in [0.3, 0.4) is 0 Å². The van der Waals surface area contributed by atoms with Crippen LogP contribution in [0.2, 0.25) is 0 Å². The lowest BCUT2D eigenvalue weighted by Gasteiger charge is -2.21. The molecule has 0 aromatic heterocycles. The largest absolute Gasteiger partial charge is 0.383 e. The summed E-state index contributed by atoms with van der Waals surface area (Å²) in [6, 6.07) is 0. The van der Waals surface area contributed by atoms with Crippen LogP contribution in [0.5, 0.6) is 0 Å². The third-order valence-corrected chi connectivity index (χ3v) is 3.39. The van der Waals surface area contributed by atoms with E-state index in [2.05, 4.69) is 20.5 Å². The lowest BCUT2D eigenvalue weighted by molar-refractivity contribution is -0.120. The summed E-state index contributed by atoms with van der Waals surface area (Å²) in [5.41, 5.74) is 0. The zero-order valence-electron chi connectivity index (χ0n) is 13.8. The van der Waals surface area contributed by atoms with E-state index in [9.17, 15) is 4.79 Å². The molecule has 1 unspecified atom stereocenters. The number of rotatable bonds is 8. The predicted octanol–water partition coefficient (Wildman–Crippen LogP) is 0.301. The van der Waals surface area contributed by atoms with Crippen LogP contribution in [-0.4, -0.2) is 76.9 Å². The van der Waals surface area contributed by atoms with E-state index < -0.39 is 0 Å². The van der Waals surface area contributed by atoms with E-state index in [0.717, 1.165) is 38.7 Å². The average molecular weight is 428 g/mol. The predicted molar refractivity (Wildman–Crippen MR) is 97.8 cm³/mol. The Morgan fingerprint density at radius 2 is 2.18 bits per heavy atom. The van der Waals surface area contributed by atoms with Crippen LogP contribution in [0.25, 0.3) is 0 Å². The fraction of sp³-hybridized carbons (Fsp3) is 0.857. The van der Waals surface area contributed by atoms with Crippen LogP contribution >= 0.6 is 24.0 Å². The van der Waals surface area contributed by atoms with E-state index in [1.807, 2.05) is 6.92 Å². The van der Waals surface area contributed by atoms with Gasteiger partial charge in [0.1, 0.15) is 0 Å². The van der Waals surface area contributed by atoms with Gasteiger partial charge in [0.2, 0.25) is 5.91 Å². The molecule has 0 spiro atoms. The molecule has 8 heteroatoms. The zero-order chi connectivity index (χ0) is 15.5. The minimum Gasteiger partial charge on any atom is -0.383 e. The Morgan fingerprint density at radius 1 is 1.41 bits per heavy atom. The molecule has 1 aliphatic rings. The van der Waals surface area contributed by atoms with Gasteiger partial charge in [-0.05, 0) is 13.3 Å². The smallest absolute Gasteiger partial charge is 0.239 e. The summed E-state index contributed by atoms with van der Waals surface area (Å²) in [7, 11) is 3.35. The minimum absolute atomic E-state index is 0. The topological polar surface area (TPSA) is 75.2 Å². The summed E-state index contributed by atoms with van der Waals surface area (Å²) in [6.07, 6.45) is 1.10. The average Bonchev–Trinajstić information content (AvgIpc) is 2.95. The Kier molecular flexibility index (Phi) is 12.5. The number of amides is 1. The highest BCUT2D eigenvalue weighted by Gasteiger charge is 2.24. The van der Waals surface area contributed by atoms with E-state index in [-0.39, 0.29) is 36.4 Å². The normalized spacial score (nSPS) is 18.0. The molecule has 7 nitrogen and oxygen atoms in total. The van der Waals surface area contributed by atoms with E-state index in [1.54, 1.807) is 14.2 Å². The maximum absolute atomic E-state index is 11.6. The first kappa shape index (κ1) is 21.4. The molecule has 1 amide bonds. The molecule has 0 aromatic rings. The van der Waals surface area contributed by atoms with Crippen molar-refractivity contribution in [2.24, 2.45) is 10.9 Å². The first-order chi connectivity index (χ1) is 10.2. The maximum atomic E-state index is 11.6. The molecular formula is C14H29IN4O3. The van der Waals surface area contributed by atoms with E-state index in [4.69, 9.17) is 9.47 Å². The molecule has 0 aliphatic carbocycles. The number of ether oxygens (including phenoxy) is 2. The summed E-state index contributed by atoms with van der Waals surface area (Å²) >= 11 is 0. The summed E-state index contributed by atoms with van der Waals surface area (Å²) in [6.45, 7) is 6.69. The summed E-state index contributed by atoms with van der Waals surface area (Å²) < 4.78 is 10.4. The lowest BCUT2D eigenvalue weighted by Crippen LogP contribution is -2.45. The second-order valence-electron chi connectivity index (χ2n) is 5.00. The summed E-state index contributed by atoms with van der Waals surface area (Å²) in [4.78, 5) is 18.0. The Hall–Kier alpha value is -0.610. The highest BCUT2D eigenvalue weighted by molar-refractivity contribution is 14.0. The number of nitrogens with zero attached hydrogens (tertiary/aromatic N) is 2. The minimum atomic E-state index is -0.0572. The first-order valence-electron chi connectivity index (χ1n) is 7.50. The van der Waals surface area contributed by atoms with Gasteiger partial charge in [-0.15, -0.1) is 24.0 Å². The van der Waals surface area contributed by atoms with Crippen molar-refractivity contribution in [3.05, 3.63) is 0 Å². The van der Waals surface area contributed by atoms with Crippen molar-refractivity contribution in [2.45, 2.75) is 13.3 Å².